The molecule has 17 heavy (non-hydrogen) atoms. The Morgan fingerprint density at radius 3 is 2.53 bits per heavy atom. The van der Waals surface area contributed by atoms with Gasteiger partial charge in [0.05, 0.1) is 5.92 Å². The van der Waals surface area contributed by atoms with Crippen LogP contribution in [0.4, 0.5) is 0 Å². The van der Waals surface area contributed by atoms with Crippen LogP contribution < -0.4 is 0 Å². The molecule has 1 aliphatic heterocycles. The van der Waals surface area contributed by atoms with Crippen LogP contribution in [0.2, 0.25) is 0 Å². The van der Waals surface area contributed by atoms with Crippen molar-refractivity contribution in [1.82, 2.24) is 4.90 Å². The number of hydrogen-bond acceptors (Lipinski definition) is 2. The molecule has 0 spiro atoms. The lowest BCUT2D eigenvalue weighted by molar-refractivity contribution is -0.144. The van der Waals surface area contributed by atoms with Crippen molar-refractivity contribution in [2.75, 3.05) is 13.1 Å². The van der Waals surface area contributed by atoms with Crippen LogP contribution in [0, 0.1) is 11.8 Å². The number of carboxylic acids is 1. The second-order valence-electron chi connectivity index (χ2n) is 5.12. The SMILES string of the molecule is C/C(=C\C(=O)N1CCC[C@H](C(=O)O)C1)C1CC1. The van der Waals surface area contributed by atoms with Crippen LogP contribution >= 0.6 is 0 Å². The zero-order valence-electron chi connectivity index (χ0n) is 10.2. The molecule has 2 aliphatic rings. The van der Waals surface area contributed by atoms with E-state index in [1.54, 1.807) is 11.0 Å². The highest BCUT2D eigenvalue weighted by Crippen LogP contribution is 2.36. The van der Waals surface area contributed by atoms with Gasteiger partial charge in [-0.1, -0.05) is 5.57 Å². The second kappa shape index (κ2) is 4.90. The molecule has 94 valence electrons. The Kier molecular flexibility index (Phi) is 3.50. The van der Waals surface area contributed by atoms with Gasteiger partial charge < -0.3 is 10.0 Å². The molecule has 1 amide bonds. The van der Waals surface area contributed by atoms with Crippen molar-refractivity contribution < 1.29 is 14.7 Å². The summed E-state index contributed by atoms with van der Waals surface area (Å²) in [5.74, 6) is -0.591. The normalized spacial score (nSPS) is 25.8. The predicted octanol–water partition coefficient (Wildman–Crippen LogP) is 1.67. The zero-order valence-corrected chi connectivity index (χ0v) is 10.2. The Labute approximate surface area is 101 Å². The van der Waals surface area contributed by atoms with E-state index in [1.165, 1.54) is 12.8 Å². The molecule has 0 aromatic rings. The summed E-state index contributed by atoms with van der Waals surface area (Å²) in [4.78, 5) is 24.5. The minimum absolute atomic E-state index is 0.0136. The third kappa shape index (κ3) is 3.08. The molecule has 0 bridgehead atoms. The fraction of sp³-hybridized carbons (Fsp3) is 0.692. The molecule has 1 atom stereocenters. The van der Waals surface area contributed by atoms with Gasteiger partial charge >= 0.3 is 5.97 Å². The molecule has 2 rings (SSSR count). The number of rotatable bonds is 3. The highest BCUT2D eigenvalue weighted by molar-refractivity contribution is 5.89. The maximum Gasteiger partial charge on any atom is 0.308 e. The molecule has 0 radical (unpaired) electrons. The van der Waals surface area contributed by atoms with E-state index in [1.807, 2.05) is 6.92 Å². The third-order valence-electron chi connectivity index (χ3n) is 3.65. The van der Waals surface area contributed by atoms with E-state index in [4.69, 9.17) is 5.11 Å². The highest BCUT2D eigenvalue weighted by Gasteiger charge is 2.28. The first-order valence-electron chi connectivity index (χ1n) is 6.28. The lowest BCUT2D eigenvalue weighted by Gasteiger charge is -2.30. The minimum Gasteiger partial charge on any atom is -0.481 e. The largest absolute Gasteiger partial charge is 0.481 e. The van der Waals surface area contributed by atoms with Crippen molar-refractivity contribution in [2.24, 2.45) is 11.8 Å². The first-order chi connectivity index (χ1) is 8.08. The van der Waals surface area contributed by atoms with Crippen LogP contribution in [-0.2, 0) is 9.59 Å². The average Bonchev–Trinajstić information content (AvgIpc) is 3.12. The Morgan fingerprint density at radius 1 is 1.24 bits per heavy atom. The van der Waals surface area contributed by atoms with Crippen LogP contribution in [0.3, 0.4) is 0 Å². The van der Waals surface area contributed by atoms with Crippen molar-refractivity contribution in [2.45, 2.75) is 32.6 Å². The molecule has 2 fully saturated rings. The summed E-state index contributed by atoms with van der Waals surface area (Å²) in [6.07, 6.45) is 5.55. The first kappa shape index (κ1) is 12.1. The number of nitrogens with zero attached hydrogens (tertiary/aromatic N) is 1. The fourth-order valence-corrected chi connectivity index (χ4v) is 2.32. The van der Waals surface area contributed by atoms with Gasteiger partial charge in [-0.2, -0.15) is 0 Å². The van der Waals surface area contributed by atoms with E-state index in [9.17, 15) is 9.59 Å². The molecule has 4 heteroatoms. The predicted molar refractivity (Wildman–Crippen MR) is 63.4 cm³/mol. The number of hydrogen-bond donors (Lipinski definition) is 1. The van der Waals surface area contributed by atoms with E-state index >= 15 is 0 Å². The number of carboxylic acid groups (broad SMARTS) is 1. The van der Waals surface area contributed by atoms with Crippen molar-refractivity contribution in [3.05, 3.63) is 11.6 Å². The van der Waals surface area contributed by atoms with Gasteiger partial charge in [0, 0.05) is 19.2 Å². The van der Waals surface area contributed by atoms with Crippen LogP contribution in [-0.4, -0.2) is 35.0 Å². The summed E-state index contributed by atoms with van der Waals surface area (Å²) in [6, 6.07) is 0. The molecule has 1 heterocycles. The quantitative estimate of drug-likeness (QED) is 0.759. The maximum absolute atomic E-state index is 12.0. The highest BCUT2D eigenvalue weighted by atomic mass is 16.4. The van der Waals surface area contributed by atoms with Gasteiger partial charge in [0.2, 0.25) is 5.91 Å². The molecule has 4 nitrogen and oxygen atoms in total. The van der Waals surface area contributed by atoms with E-state index in [2.05, 4.69) is 0 Å². The molecule has 1 saturated carbocycles. The van der Waals surface area contributed by atoms with E-state index < -0.39 is 5.97 Å². The third-order valence-corrected chi connectivity index (χ3v) is 3.65. The number of amides is 1. The van der Waals surface area contributed by atoms with Gasteiger partial charge in [-0.15, -0.1) is 0 Å². The van der Waals surface area contributed by atoms with Gasteiger partial charge in [0.1, 0.15) is 0 Å². The summed E-state index contributed by atoms with van der Waals surface area (Å²) < 4.78 is 0. The Bertz CT molecular complexity index is 358. The molecule has 1 saturated heterocycles. The van der Waals surface area contributed by atoms with Crippen molar-refractivity contribution in [1.29, 1.82) is 0 Å². The Morgan fingerprint density at radius 2 is 1.94 bits per heavy atom. The lowest BCUT2D eigenvalue weighted by atomic mass is 9.98. The number of carbonyl (C=O) groups excluding carboxylic acids is 1. The minimum atomic E-state index is -0.787. The number of piperidine rings is 1. The molecule has 0 aromatic heterocycles. The summed E-state index contributed by atoms with van der Waals surface area (Å²) in [6.45, 7) is 3.05. The van der Waals surface area contributed by atoms with Gasteiger partial charge in [-0.25, -0.2) is 0 Å². The van der Waals surface area contributed by atoms with Gasteiger partial charge in [-0.05, 0) is 38.5 Å². The van der Waals surface area contributed by atoms with Crippen molar-refractivity contribution >= 4 is 11.9 Å². The van der Waals surface area contributed by atoms with Crippen LogP contribution in [0.25, 0.3) is 0 Å². The monoisotopic (exact) mass is 237 g/mol. The van der Waals surface area contributed by atoms with Crippen LogP contribution in [0.5, 0.6) is 0 Å². The number of allylic oxidation sites excluding steroid dienone is 1. The Balaban J connectivity index is 1.94. The van der Waals surface area contributed by atoms with E-state index in [0.717, 1.165) is 12.0 Å². The standard InChI is InChI=1S/C13H19NO3/c1-9(10-4-5-10)7-12(15)14-6-2-3-11(8-14)13(16)17/h7,10-11H,2-6,8H2,1H3,(H,16,17)/b9-7+/t11-/m0/s1. The van der Waals surface area contributed by atoms with Crippen molar-refractivity contribution in [3.8, 4) is 0 Å². The zero-order chi connectivity index (χ0) is 12.4. The smallest absolute Gasteiger partial charge is 0.308 e. The molecule has 1 N–H and O–H groups in total. The number of aliphatic carboxylic acids is 1. The molecule has 1 aliphatic carbocycles. The average molecular weight is 237 g/mol. The summed E-state index contributed by atoms with van der Waals surface area (Å²) in [5, 5.41) is 8.96. The van der Waals surface area contributed by atoms with Crippen molar-refractivity contribution in [3.63, 3.8) is 0 Å². The molecule has 0 aromatic carbocycles. The molecular weight excluding hydrogens is 218 g/mol. The molecular formula is C13H19NO3. The van der Waals surface area contributed by atoms with Gasteiger partial charge in [0.15, 0.2) is 0 Å². The van der Waals surface area contributed by atoms with E-state index in [0.29, 0.717) is 25.4 Å². The topological polar surface area (TPSA) is 57.6 Å². The lowest BCUT2D eigenvalue weighted by Crippen LogP contribution is -2.41. The van der Waals surface area contributed by atoms with Gasteiger partial charge in [-0.3, -0.25) is 9.59 Å². The summed E-state index contributed by atoms with van der Waals surface area (Å²) in [7, 11) is 0. The Hall–Kier alpha value is -1.32. The first-order valence-corrected chi connectivity index (χ1v) is 6.28. The maximum atomic E-state index is 12.0. The van der Waals surface area contributed by atoms with E-state index in [-0.39, 0.29) is 11.8 Å². The summed E-state index contributed by atoms with van der Waals surface area (Å²) in [5.41, 5.74) is 1.15. The van der Waals surface area contributed by atoms with Gasteiger partial charge in [0.25, 0.3) is 0 Å². The second-order valence-corrected chi connectivity index (χ2v) is 5.12. The number of carbonyl (C=O) groups is 2. The molecule has 0 unspecified atom stereocenters. The number of likely N-dealkylation sites (tertiary alicyclic amines) is 1. The summed E-state index contributed by atoms with van der Waals surface area (Å²) >= 11 is 0. The van der Waals surface area contributed by atoms with Crippen LogP contribution in [0.1, 0.15) is 32.6 Å². The fourth-order valence-electron chi connectivity index (χ4n) is 2.32. The van der Waals surface area contributed by atoms with Crippen LogP contribution in [0.15, 0.2) is 11.6 Å².